The monoisotopic (exact) mass is 272 g/mol. The van der Waals surface area contributed by atoms with Gasteiger partial charge < -0.3 is 0 Å². The zero-order valence-electron chi connectivity index (χ0n) is 10.6. The first-order valence-corrected chi connectivity index (χ1v) is 7.49. The molecule has 1 rings (SSSR count). The molecule has 0 unspecified atom stereocenters. The van der Waals surface area contributed by atoms with Crippen LogP contribution in [0.2, 0.25) is 0 Å². The Labute approximate surface area is 115 Å². The molecule has 0 saturated heterocycles. The maximum Gasteiger partial charge on any atom is 0.0291 e. The Bertz CT molecular complexity index is 291. The Balaban J connectivity index is 2.42. The van der Waals surface area contributed by atoms with Crippen molar-refractivity contribution in [2.24, 2.45) is 5.41 Å². The van der Waals surface area contributed by atoms with Crippen LogP contribution in [0.5, 0.6) is 0 Å². The van der Waals surface area contributed by atoms with Gasteiger partial charge in [-0.25, -0.2) is 0 Å². The van der Waals surface area contributed by atoms with Gasteiger partial charge in [-0.2, -0.15) is 0 Å². The number of hydrogen-bond acceptors (Lipinski definition) is 0. The lowest BCUT2D eigenvalue weighted by atomic mass is 9.82. The van der Waals surface area contributed by atoms with Crippen molar-refractivity contribution < 1.29 is 0 Å². The maximum absolute atomic E-state index is 6.10. The third-order valence-electron chi connectivity index (χ3n) is 3.36. The molecule has 0 nitrogen and oxygen atoms in total. The molecule has 0 saturated carbocycles. The lowest BCUT2D eigenvalue weighted by molar-refractivity contribution is 0.307. The van der Waals surface area contributed by atoms with E-state index in [1.54, 1.807) is 0 Å². The molecule has 1 aromatic carbocycles. The second-order valence-corrected chi connectivity index (χ2v) is 5.39. The van der Waals surface area contributed by atoms with Crippen molar-refractivity contribution >= 4 is 23.2 Å². The molecule has 17 heavy (non-hydrogen) atoms. The third kappa shape index (κ3) is 4.89. The van der Waals surface area contributed by atoms with E-state index in [-0.39, 0.29) is 5.41 Å². The Morgan fingerprint density at radius 1 is 1.00 bits per heavy atom. The molecular weight excluding hydrogens is 251 g/mol. The Morgan fingerprint density at radius 3 is 2.18 bits per heavy atom. The van der Waals surface area contributed by atoms with Gasteiger partial charge in [-0.15, -0.1) is 23.2 Å². The van der Waals surface area contributed by atoms with E-state index in [1.807, 2.05) is 0 Å². The number of aryl methyl sites for hydroxylation is 1. The van der Waals surface area contributed by atoms with Gasteiger partial charge in [0, 0.05) is 11.8 Å². The fourth-order valence-electron chi connectivity index (χ4n) is 2.27. The molecule has 0 spiro atoms. The first kappa shape index (κ1) is 14.9. The van der Waals surface area contributed by atoms with Gasteiger partial charge in [0.15, 0.2) is 0 Å². The van der Waals surface area contributed by atoms with E-state index in [2.05, 4.69) is 37.3 Å². The van der Waals surface area contributed by atoms with E-state index in [9.17, 15) is 0 Å². The quantitative estimate of drug-likeness (QED) is 0.566. The molecule has 0 amide bonds. The second-order valence-electron chi connectivity index (χ2n) is 4.86. The van der Waals surface area contributed by atoms with Gasteiger partial charge in [-0.05, 0) is 36.7 Å². The lowest BCUT2D eigenvalue weighted by Gasteiger charge is -2.29. The molecule has 2 heteroatoms. The van der Waals surface area contributed by atoms with Crippen LogP contribution in [0.1, 0.15) is 38.2 Å². The molecule has 0 aliphatic heterocycles. The van der Waals surface area contributed by atoms with Crippen LogP contribution in [0, 0.1) is 5.41 Å². The van der Waals surface area contributed by atoms with Gasteiger partial charge in [0.2, 0.25) is 0 Å². The topological polar surface area (TPSA) is 0 Å². The van der Waals surface area contributed by atoms with Crippen LogP contribution in [-0.2, 0) is 6.42 Å². The van der Waals surface area contributed by atoms with E-state index < -0.39 is 0 Å². The van der Waals surface area contributed by atoms with Gasteiger partial charge in [-0.1, -0.05) is 43.7 Å². The highest BCUT2D eigenvalue weighted by molar-refractivity contribution is 6.21. The number of hydrogen-bond donors (Lipinski definition) is 0. The van der Waals surface area contributed by atoms with Crippen molar-refractivity contribution in [3.63, 3.8) is 0 Å². The molecule has 0 aliphatic carbocycles. The SMILES string of the molecule is CCCC(CCl)(CCl)CCCc1ccccc1. The van der Waals surface area contributed by atoms with E-state index in [0.29, 0.717) is 11.8 Å². The molecule has 1 aromatic rings. The minimum Gasteiger partial charge on any atom is -0.126 e. The molecule has 96 valence electrons. The highest BCUT2D eigenvalue weighted by atomic mass is 35.5. The average molecular weight is 273 g/mol. The van der Waals surface area contributed by atoms with Gasteiger partial charge in [-0.3, -0.25) is 0 Å². The van der Waals surface area contributed by atoms with Crippen LogP contribution in [0.15, 0.2) is 30.3 Å². The summed E-state index contributed by atoms with van der Waals surface area (Å²) in [7, 11) is 0. The highest BCUT2D eigenvalue weighted by Gasteiger charge is 2.26. The second kappa shape index (κ2) is 8.00. The Hall–Kier alpha value is -0.200. The summed E-state index contributed by atoms with van der Waals surface area (Å²) in [4.78, 5) is 0. The summed E-state index contributed by atoms with van der Waals surface area (Å²) in [6.45, 7) is 2.20. The van der Waals surface area contributed by atoms with Gasteiger partial charge in [0.1, 0.15) is 0 Å². The molecule has 0 bridgehead atoms. The lowest BCUT2D eigenvalue weighted by Crippen LogP contribution is -2.25. The number of benzene rings is 1. The molecule has 0 atom stereocenters. The van der Waals surface area contributed by atoms with Crippen LogP contribution in [0.25, 0.3) is 0 Å². The molecule has 0 N–H and O–H groups in total. The van der Waals surface area contributed by atoms with Crippen LogP contribution in [0.3, 0.4) is 0 Å². The van der Waals surface area contributed by atoms with E-state index in [0.717, 1.165) is 25.7 Å². The normalized spacial score (nSPS) is 11.7. The summed E-state index contributed by atoms with van der Waals surface area (Å²) in [5.74, 6) is 1.36. The van der Waals surface area contributed by atoms with E-state index in [4.69, 9.17) is 23.2 Å². The first-order valence-electron chi connectivity index (χ1n) is 6.42. The van der Waals surface area contributed by atoms with Crippen LogP contribution in [-0.4, -0.2) is 11.8 Å². The van der Waals surface area contributed by atoms with E-state index in [1.165, 1.54) is 12.0 Å². The molecule has 0 fully saturated rings. The summed E-state index contributed by atoms with van der Waals surface area (Å²) in [6.07, 6.45) is 5.71. The summed E-state index contributed by atoms with van der Waals surface area (Å²) < 4.78 is 0. The molecular formula is C15H22Cl2. The van der Waals surface area contributed by atoms with E-state index >= 15 is 0 Å². The van der Waals surface area contributed by atoms with Gasteiger partial charge in [0.05, 0.1) is 0 Å². The predicted molar refractivity (Wildman–Crippen MR) is 78.2 cm³/mol. The van der Waals surface area contributed by atoms with Crippen molar-refractivity contribution in [3.05, 3.63) is 35.9 Å². The fraction of sp³-hybridized carbons (Fsp3) is 0.600. The molecule has 0 aromatic heterocycles. The zero-order valence-corrected chi connectivity index (χ0v) is 12.1. The average Bonchev–Trinajstić information content (AvgIpc) is 2.39. The van der Waals surface area contributed by atoms with Crippen LogP contribution < -0.4 is 0 Å². The third-order valence-corrected chi connectivity index (χ3v) is 4.50. The molecule has 0 radical (unpaired) electrons. The standard InChI is InChI=1S/C15H22Cl2/c1-2-10-15(12-16,13-17)11-6-9-14-7-4-3-5-8-14/h3-5,7-8H,2,6,9-13H2,1H3. The molecule has 0 heterocycles. The van der Waals surface area contributed by atoms with Crippen molar-refractivity contribution in [1.29, 1.82) is 0 Å². The largest absolute Gasteiger partial charge is 0.126 e. The Kier molecular flexibility index (Phi) is 6.99. The Morgan fingerprint density at radius 2 is 1.65 bits per heavy atom. The minimum absolute atomic E-state index is 0.145. The van der Waals surface area contributed by atoms with Crippen LogP contribution >= 0.6 is 23.2 Å². The van der Waals surface area contributed by atoms with Crippen molar-refractivity contribution in [2.75, 3.05) is 11.8 Å². The smallest absolute Gasteiger partial charge is 0.0291 e. The fourth-order valence-corrected chi connectivity index (χ4v) is 3.09. The van der Waals surface area contributed by atoms with Crippen molar-refractivity contribution in [2.45, 2.75) is 39.0 Å². The summed E-state index contributed by atoms with van der Waals surface area (Å²) >= 11 is 12.2. The number of halogens is 2. The van der Waals surface area contributed by atoms with Gasteiger partial charge >= 0.3 is 0 Å². The van der Waals surface area contributed by atoms with Crippen molar-refractivity contribution in [1.82, 2.24) is 0 Å². The molecule has 0 aliphatic rings. The maximum atomic E-state index is 6.10. The van der Waals surface area contributed by atoms with Crippen molar-refractivity contribution in [3.8, 4) is 0 Å². The highest BCUT2D eigenvalue weighted by Crippen LogP contribution is 2.33. The summed E-state index contributed by atoms with van der Waals surface area (Å²) in [5.41, 5.74) is 1.55. The number of rotatable bonds is 8. The van der Waals surface area contributed by atoms with Gasteiger partial charge in [0.25, 0.3) is 0 Å². The summed E-state index contributed by atoms with van der Waals surface area (Å²) in [6, 6.07) is 10.6. The van der Waals surface area contributed by atoms with Crippen LogP contribution in [0.4, 0.5) is 0 Å². The minimum atomic E-state index is 0.145. The first-order chi connectivity index (χ1) is 8.26. The zero-order chi connectivity index (χ0) is 12.6. The number of alkyl halides is 2. The predicted octanol–water partition coefficient (Wildman–Crippen LogP) is 5.27. The summed E-state index contributed by atoms with van der Waals surface area (Å²) in [5, 5.41) is 0.